The summed E-state index contributed by atoms with van der Waals surface area (Å²) in [5, 5.41) is 0. The molecule has 1 aromatic rings. The molecule has 0 radical (unpaired) electrons. The number of halogens is 2. The number of hydrogen-bond donors (Lipinski definition) is 1. The Morgan fingerprint density at radius 2 is 2.05 bits per heavy atom. The molecule has 0 aliphatic heterocycles. The number of benzene rings is 1. The zero-order chi connectivity index (χ0) is 13.8. The third kappa shape index (κ3) is 3.51. The normalized spacial score (nSPS) is 16.9. The van der Waals surface area contributed by atoms with Crippen molar-refractivity contribution < 1.29 is 8.78 Å². The van der Waals surface area contributed by atoms with E-state index in [4.69, 9.17) is 5.73 Å². The van der Waals surface area contributed by atoms with Crippen molar-refractivity contribution in [3.63, 3.8) is 0 Å². The molecule has 1 fully saturated rings. The van der Waals surface area contributed by atoms with E-state index in [1.165, 1.54) is 25.0 Å². The van der Waals surface area contributed by atoms with Gasteiger partial charge in [0, 0.05) is 18.6 Å². The Morgan fingerprint density at radius 3 is 2.58 bits per heavy atom. The van der Waals surface area contributed by atoms with E-state index in [-0.39, 0.29) is 6.04 Å². The van der Waals surface area contributed by atoms with E-state index in [0.717, 1.165) is 24.9 Å². The molecule has 2 N–H and O–H groups in total. The number of hydrogen-bond acceptors (Lipinski definition) is 2. The van der Waals surface area contributed by atoms with Crippen molar-refractivity contribution in [2.75, 3.05) is 13.1 Å². The molecule has 1 aliphatic carbocycles. The van der Waals surface area contributed by atoms with Gasteiger partial charge in [-0.25, -0.2) is 8.78 Å². The first-order valence-electron chi connectivity index (χ1n) is 7.08. The largest absolute Gasteiger partial charge is 0.329 e. The maximum Gasteiger partial charge on any atom is 0.159 e. The molecule has 19 heavy (non-hydrogen) atoms. The standard InChI is InChI=1S/C15H22F2N2/c1-2-3-8-19(12-5-6-12)15(10-18)11-4-7-13(16)14(17)9-11/h4,7,9,12,15H,2-3,5-6,8,10,18H2,1H3. The maximum atomic E-state index is 13.4. The van der Waals surface area contributed by atoms with E-state index in [0.29, 0.717) is 12.6 Å². The van der Waals surface area contributed by atoms with Crippen LogP contribution in [0, 0.1) is 11.6 Å². The van der Waals surface area contributed by atoms with Crippen molar-refractivity contribution in [1.82, 2.24) is 4.90 Å². The van der Waals surface area contributed by atoms with Crippen molar-refractivity contribution in [2.45, 2.75) is 44.7 Å². The van der Waals surface area contributed by atoms with Crippen LogP contribution in [0.15, 0.2) is 18.2 Å². The van der Waals surface area contributed by atoms with Crippen molar-refractivity contribution in [3.8, 4) is 0 Å². The van der Waals surface area contributed by atoms with Gasteiger partial charge in [0.15, 0.2) is 11.6 Å². The average Bonchev–Trinajstić information content (AvgIpc) is 3.22. The molecule has 2 nitrogen and oxygen atoms in total. The van der Waals surface area contributed by atoms with Gasteiger partial charge in [-0.2, -0.15) is 0 Å². The third-order valence-electron chi connectivity index (χ3n) is 3.74. The molecule has 1 aliphatic rings. The summed E-state index contributed by atoms with van der Waals surface area (Å²) in [4.78, 5) is 2.36. The van der Waals surface area contributed by atoms with E-state index < -0.39 is 11.6 Å². The minimum Gasteiger partial charge on any atom is -0.329 e. The maximum absolute atomic E-state index is 13.4. The highest BCUT2D eigenvalue weighted by molar-refractivity contribution is 5.22. The van der Waals surface area contributed by atoms with Crippen LogP contribution in [-0.2, 0) is 0 Å². The SMILES string of the molecule is CCCCN(C1CC1)C(CN)c1ccc(F)c(F)c1. The number of rotatable bonds is 7. The summed E-state index contributed by atoms with van der Waals surface area (Å²) >= 11 is 0. The molecule has 2 rings (SSSR count). The molecule has 1 unspecified atom stereocenters. The van der Waals surface area contributed by atoms with E-state index in [1.807, 2.05) is 0 Å². The molecule has 4 heteroatoms. The van der Waals surface area contributed by atoms with E-state index >= 15 is 0 Å². The third-order valence-corrected chi connectivity index (χ3v) is 3.74. The molecule has 0 aromatic heterocycles. The summed E-state index contributed by atoms with van der Waals surface area (Å²) < 4.78 is 26.4. The zero-order valence-electron chi connectivity index (χ0n) is 11.4. The number of nitrogens with two attached hydrogens (primary N) is 1. The molecule has 0 spiro atoms. The number of unbranched alkanes of at least 4 members (excludes halogenated alkanes) is 1. The lowest BCUT2D eigenvalue weighted by molar-refractivity contribution is 0.188. The van der Waals surface area contributed by atoms with Gasteiger partial charge >= 0.3 is 0 Å². The first-order chi connectivity index (χ1) is 9.17. The summed E-state index contributed by atoms with van der Waals surface area (Å²) in [5.74, 6) is -1.59. The minimum atomic E-state index is -0.800. The fourth-order valence-electron chi connectivity index (χ4n) is 2.52. The molecular formula is C15H22F2N2. The van der Waals surface area contributed by atoms with Crippen LogP contribution in [0.4, 0.5) is 8.78 Å². The number of nitrogens with zero attached hydrogens (tertiary/aromatic N) is 1. The van der Waals surface area contributed by atoms with Gasteiger partial charge in [0.2, 0.25) is 0 Å². The van der Waals surface area contributed by atoms with Crippen LogP contribution in [-0.4, -0.2) is 24.0 Å². The van der Waals surface area contributed by atoms with Crippen molar-refractivity contribution in [1.29, 1.82) is 0 Å². The quantitative estimate of drug-likeness (QED) is 0.822. The first-order valence-corrected chi connectivity index (χ1v) is 7.08. The molecule has 0 heterocycles. The highest BCUT2D eigenvalue weighted by Crippen LogP contribution is 2.34. The second-order valence-corrected chi connectivity index (χ2v) is 5.25. The lowest BCUT2D eigenvalue weighted by Gasteiger charge is -2.31. The van der Waals surface area contributed by atoms with Crippen molar-refractivity contribution in [3.05, 3.63) is 35.4 Å². The van der Waals surface area contributed by atoms with Gasteiger partial charge in [0.25, 0.3) is 0 Å². The lowest BCUT2D eigenvalue weighted by Crippen LogP contribution is -2.36. The van der Waals surface area contributed by atoms with Gasteiger partial charge in [-0.15, -0.1) is 0 Å². The fraction of sp³-hybridized carbons (Fsp3) is 0.600. The summed E-state index contributed by atoms with van der Waals surface area (Å²) in [7, 11) is 0. The van der Waals surface area contributed by atoms with Crippen LogP contribution in [0.1, 0.15) is 44.2 Å². The summed E-state index contributed by atoms with van der Waals surface area (Å²) in [6.07, 6.45) is 4.60. The van der Waals surface area contributed by atoms with E-state index in [2.05, 4.69) is 11.8 Å². The van der Waals surface area contributed by atoms with Gasteiger partial charge in [-0.05, 0) is 43.5 Å². The van der Waals surface area contributed by atoms with E-state index in [9.17, 15) is 8.78 Å². The van der Waals surface area contributed by atoms with Crippen molar-refractivity contribution >= 4 is 0 Å². The monoisotopic (exact) mass is 268 g/mol. The van der Waals surface area contributed by atoms with Crippen LogP contribution < -0.4 is 5.73 Å². The lowest BCUT2D eigenvalue weighted by atomic mass is 10.0. The topological polar surface area (TPSA) is 29.3 Å². The second-order valence-electron chi connectivity index (χ2n) is 5.25. The smallest absolute Gasteiger partial charge is 0.159 e. The van der Waals surface area contributed by atoms with Crippen LogP contribution >= 0.6 is 0 Å². The predicted molar refractivity (Wildman–Crippen MR) is 72.8 cm³/mol. The Morgan fingerprint density at radius 1 is 1.32 bits per heavy atom. The predicted octanol–water partition coefficient (Wildman–Crippen LogP) is 3.23. The average molecular weight is 268 g/mol. The Balaban J connectivity index is 2.17. The molecule has 1 aromatic carbocycles. The molecule has 0 amide bonds. The summed E-state index contributed by atoms with van der Waals surface area (Å²) in [6, 6.07) is 4.69. The summed E-state index contributed by atoms with van der Waals surface area (Å²) in [5.41, 5.74) is 6.66. The summed E-state index contributed by atoms with van der Waals surface area (Å²) in [6.45, 7) is 3.56. The minimum absolute atomic E-state index is 0.00542. The molecule has 106 valence electrons. The highest BCUT2D eigenvalue weighted by atomic mass is 19.2. The van der Waals surface area contributed by atoms with Crippen LogP contribution in [0.2, 0.25) is 0 Å². The molecule has 0 bridgehead atoms. The van der Waals surface area contributed by atoms with Gasteiger partial charge in [0.05, 0.1) is 0 Å². The van der Waals surface area contributed by atoms with Crippen LogP contribution in [0.5, 0.6) is 0 Å². The van der Waals surface area contributed by atoms with Crippen LogP contribution in [0.25, 0.3) is 0 Å². The van der Waals surface area contributed by atoms with Crippen LogP contribution in [0.3, 0.4) is 0 Å². The zero-order valence-corrected chi connectivity index (χ0v) is 11.4. The Labute approximate surface area is 113 Å². The first kappa shape index (κ1) is 14.4. The highest BCUT2D eigenvalue weighted by Gasteiger charge is 2.33. The van der Waals surface area contributed by atoms with Gasteiger partial charge in [-0.1, -0.05) is 19.4 Å². The Kier molecular flexibility index (Phi) is 4.88. The Hall–Kier alpha value is -1.00. The fourth-order valence-corrected chi connectivity index (χ4v) is 2.52. The van der Waals surface area contributed by atoms with Crippen molar-refractivity contribution in [2.24, 2.45) is 5.73 Å². The van der Waals surface area contributed by atoms with E-state index in [1.54, 1.807) is 6.07 Å². The molecular weight excluding hydrogens is 246 g/mol. The second kappa shape index (κ2) is 6.44. The molecule has 1 atom stereocenters. The van der Waals surface area contributed by atoms with Gasteiger partial charge in [0.1, 0.15) is 0 Å². The van der Waals surface area contributed by atoms with Gasteiger partial charge in [-0.3, -0.25) is 4.90 Å². The van der Waals surface area contributed by atoms with Gasteiger partial charge < -0.3 is 5.73 Å². The Bertz CT molecular complexity index is 419. The molecule has 1 saturated carbocycles. The molecule has 0 saturated heterocycles.